The van der Waals surface area contributed by atoms with Gasteiger partial charge in [-0.25, -0.2) is 9.59 Å². The van der Waals surface area contributed by atoms with Crippen LogP contribution in [0.1, 0.15) is 6.42 Å². The first-order valence-electron chi connectivity index (χ1n) is 4.42. The van der Waals surface area contributed by atoms with Crippen LogP contribution >= 0.6 is 0 Å². The summed E-state index contributed by atoms with van der Waals surface area (Å²) in [6.45, 7) is -0.231. The van der Waals surface area contributed by atoms with Gasteiger partial charge in [-0.2, -0.15) is 0 Å². The number of carboxylic acid groups (broad SMARTS) is 1. The van der Waals surface area contributed by atoms with E-state index in [9.17, 15) is 14.4 Å². The van der Waals surface area contributed by atoms with E-state index in [1.165, 1.54) is 7.05 Å². The summed E-state index contributed by atoms with van der Waals surface area (Å²) < 4.78 is 0. The van der Waals surface area contributed by atoms with Crippen LogP contribution in [-0.2, 0) is 9.59 Å². The summed E-state index contributed by atoms with van der Waals surface area (Å²) in [4.78, 5) is 32.5. The lowest BCUT2D eigenvalue weighted by Crippen LogP contribution is -2.48. The number of carbonyl (C=O) groups is 3. The molecule has 88 valence electrons. The molecule has 1 atom stereocenters. The van der Waals surface area contributed by atoms with Crippen LogP contribution < -0.4 is 16.0 Å². The molecule has 4 N–H and O–H groups in total. The van der Waals surface area contributed by atoms with Crippen LogP contribution in [-0.4, -0.2) is 42.6 Å². The predicted octanol–water partition coefficient (Wildman–Crippen LogP) is -1.49. The van der Waals surface area contributed by atoms with Crippen LogP contribution in [0.2, 0.25) is 0 Å². The van der Waals surface area contributed by atoms with E-state index in [1.807, 2.05) is 0 Å². The van der Waals surface area contributed by atoms with Crippen molar-refractivity contribution < 1.29 is 19.5 Å². The van der Waals surface area contributed by atoms with Crippen molar-refractivity contribution in [3.63, 3.8) is 0 Å². The van der Waals surface area contributed by atoms with Gasteiger partial charge in [0.05, 0.1) is 6.54 Å². The number of terminal acetylenes is 1. The van der Waals surface area contributed by atoms with Gasteiger partial charge in [-0.15, -0.1) is 12.3 Å². The van der Waals surface area contributed by atoms with Gasteiger partial charge in [0.25, 0.3) is 0 Å². The maximum absolute atomic E-state index is 11.1. The van der Waals surface area contributed by atoms with Gasteiger partial charge in [-0.05, 0) is 0 Å². The first-order chi connectivity index (χ1) is 7.51. The number of hydrogen-bond donors (Lipinski definition) is 4. The third-order valence-corrected chi connectivity index (χ3v) is 1.61. The molecule has 0 aliphatic rings. The highest BCUT2D eigenvalue weighted by atomic mass is 16.4. The summed E-state index contributed by atoms with van der Waals surface area (Å²) in [6, 6.07) is -1.92. The monoisotopic (exact) mass is 227 g/mol. The highest BCUT2D eigenvalue weighted by Gasteiger charge is 2.18. The molecule has 0 rings (SSSR count). The molecule has 1 unspecified atom stereocenters. The Morgan fingerprint density at radius 2 is 2.06 bits per heavy atom. The van der Waals surface area contributed by atoms with Crippen molar-refractivity contribution in [1.82, 2.24) is 16.0 Å². The number of carboxylic acids is 1. The fourth-order valence-electron chi connectivity index (χ4n) is 0.776. The zero-order valence-corrected chi connectivity index (χ0v) is 8.74. The smallest absolute Gasteiger partial charge is 0.327 e. The second kappa shape index (κ2) is 7.11. The van der Waals surface area contributed by atoms with Crippen molar-refractivity contribution in [3.05, 3.63) is 0 Å². The Hall–Kier alpha value is -2.23. The Morgan fingerprint density at radius 3 is 2.50 bits per heavy atom. The zero-order valence-electron chi connectivity index (χ0n) is 8.74. The molecule has 0 aromatic carbocycles. The van der Waals surface area contributed by atoms with Gasteiger partial charge in [-0.1, -0.05) is 0 Å². The summed E-state index contributed by atoms with van der Waals surface area (Å²) >= 11 is 0. The third-order valence-electron chi connectivity index (χ3n) is 1.61. The molecule has 0 aromatic heterocycles. The standard InChI is InChI=1S/C9H13N3O4/c1-3-4-6(8(14)15)12-9(16)11-5-7(13)10-2/h1,6H,4-5H2,2H3,(H,10,13)(H,14,15)(H2,11,12,16). The van der Waals surface area contributed by atoms with Gasteiger partial charge in [-0.3, -0.25) is 4.79 Å². The van der Waals surface area contributed by atoms with E-state index in [0.29, 0.717) is 0 Å². The largest absolute Gasteiger partial charge is 0.480 e. The minimum atomic E-state index is -1.23. The van der Waals surface area contributed by atoms with Crippen LogP contribution in [0.25, 0.3) is 0 Å². The summed E-state index contributed by atoms with van der Waals surface area (Å²) in [5, 5.41) is 15.3. The van der Waals surface area contributed by atoms with E-state index < -0.39 is 18.0 Å². The van der Waals surface area contributed by atoms with Crippen LogP contribution in [0.5, 0.6) is 0 Å². The summed E-state index contributed by atoms with van der Waals surface area (Å²) in [7, 11) is 1.42. The molecular formula is C9H13N3O4. The van der Waals surface area contributed by atoms with Crippen molar-refractivity contribution >= 4 is 17.9 Å². The van der Waals surface area contributed by atoms with Crippen molar-refractivity contribution in [2.75, 3.05) is 13.6 Å². The molecule has 0 spiro atoms. The molecule has 0 saturated carbocycles. The number of carbonyl (C=O) groups excluding carboxylic acids is 2. The number of amides is 3. The molecule has 16 heavy (non-hydrogen) atoms. The average Bonchev–Trinajstić information content (AvgIpc) is 2.25. The maximum Gasteiger partial charge on any atom is 0.327 e. The van der Waals surface area contributed by atoms with E-state index in [1.54, 1.807) is 0 Å². The Bertz CT molecular complexity index is 321. The lowest BCUT2D eigenvalue weighted by atomic mass is 10.2. The maximum atomic E-state index is 11.1. The van der Waals surface area contributed by atoms with E-state index in [4.69, 9.17) is 11.5 Å². The molecule has 0 aromatic rings. The van der Waals surface area contributed by atoms with Gasteiger partial charge < -0.3 is 21.1 Å². The fraction of sp³-hybridized carbons (Fsp3) is 0.444. The van der Waals surface area contributed by atoms with Gasteiger partial charge in [0.2, 0.25) is 5.91 Å². The van der Waals surface area contributed by atoms with Crippen LogP contribution in [0, 0.1) is 12.3 Å². The lowest BCUT2D eigenvalue weighted by molar-refractivity contribution is -0.139. The first-order valence-corrected chi connectivity index (χ1v) is 4.42. The van der Waals surface area contributed by atoms with Gasteiger partial charge in [0.15, 0.2) is 0 Å². The van der Waals surface area contributed by atoms with E-state index in [-0.39, 0.29) is 18.9 Å². The molecule has 0 heterocycles. The average molecular weight is 227 g/mol. The minimum absolute atomic E-state index is 0.122. The van der Waals surface area contributed by atoms with Crippen molar-refractivity contribution in [1.29, 1.82) is 0 Å². The predicted molar refractivity (Wildman–Crippen MR) is 55.5 cm³/mol. The van der Waals surface area contributed by atoms with Crippen LogP contribution in [0.4, 0.5) is 4.79 Å². The van der Waals surface area contributed by atoms with Crippen molar-refractivity contribution in [3.8, 4) is 12.3 Å². The van der Waals surface area contributed by atoms with E-state index >= 15 is 0 Å². The summed E-state index contributed by atoms with van der Waals surface area (Å²) in [6.07, 6.45) is 4.82. The number of likely N-dealkylation sites (N-methyl/N-ethyl adjacent to an activating group) is 1. The number of rotatable bonds is 5. The Morgan fingerprint density at radius 1 is 1.44 bits per heavy atom. The zero-order chi connectivity index (χ0) is 12.6. The minimum Gasteiger partial charge on any atom is -0.480 e. The molecule has 0 saturated heterocycles. The van der Waals surface area contributed by atoms with Crippen molar-refractivity contribution in [2.24, 2.45) is 0 Å². The SMILES string of the molecule is C#CCC(NC(=O)NCC(=O)NC)C(=O)O. The molecule has 0 radical (unpaired) electrons. The molecule has 0 fully saturated rings. The second-order valence-electron chi connectivity index (χ2n) is 2.80. The van der Waals surface area contributed by atoms with Gasteiger partial charge >= 0.3 is 12.0 Å². The normalized spacial score (nSPS) is 10.8. The Balaban J connectivity index is 4.06. The van der Waals surface area contributed by atoms with E-state index in [2.05, 4.69) is 21.9 Å². The third kappa shape index (κ3) is 5.49. The van der Waals surface area contributed by atoms with E-state index in [0.717, 1.165) is 0 Å². The lowest BCUT2D eigenvalue weighted by Gasteiger charge is -2.12. The van der Waals surface area contributed by atoms with Crippen molar-refractivity contribution in [2.45, 2.75) is 12.5 Å². The van der Waals surface area contributed by atoms with Crippen LogP contribution in [0.3, 0.4) is 0 Å². The molecule has 7 nitrogen and oxygen atoms in total. The van der Waals surface area contributed by atoms with Crippen LogP contribution in [0.15, 0.2) is 0 Å². The Kier molecular flexibility index (Phi) is 6.12. The highest BCUT2D eigenvalue weighted by molar-refractivity contribution is 5.86. The number of hydrogen-bond acceptors (Lipinski definition) is 3. The fourth-order valence-corrected chi connectivity index (χ4v) is 0.776. The Labute approximate surface area is 92.6 Å². The molecule has 0 bridgehead atoms. The first kappa shape index (κ1) is 13.8. The molecule has 3 amide bonds. The molecular weight excluding hydrogens is 214 g/mol. The number of nitrogens with one attached hydrogen (secondary N) is 3. The molecule has 0 aliphatic carbocycles. The van der Waals surface area contributed by atoms with Gasteiger partial charge in [0, 0.05) is 13.5 Å². The highest BCUT2D eigenvalue weighted by Crippen LogP contribution is 1.90. The number of aliphatic carboxylic acids is 1. The topological polar surface area (TPSA) is 108 Å². The second-order valence-corrected chi connectivity index (χ2v) is 2.80. The number of urea groups is 1. The molecule has 0 aliphatic heterocycles. The summed E-state index contributed by atoms with van der Waals surface area (Å²) in [5.41, 5.74) is 0. The molecule has 7 heteroatoms. The summed E-state index contributed by atoms with van der Waals surface area (Å²) in [5.74, 6) is 0.509. The quantitative estimate of drug-likeness (QED) is 0.429. The van der Waals surface area contributed by atoms with Gasteiger partial charge in [0.1, 0.15) is 6.04 Å².